The van der Waals surface area contributed by atoms with Crippen LogP contribution in [0.5, 0.6) is 5.75 Å². The molecule has 0 saturated heterocycles. The molecule has 3 aromatic rings. The number of pyridine rings is 1. The molecule has 3 rings (SSSR count). The number of hydrogen-bond acceptors (Lipinski definition) is 4. The monoisotopic (exact) mass is 393 g/mol. The zero-order chi connectivity index (χ0) is 20.6. The number of phenolic OH excluding ortho intramolecular Hbond substituents is 1. The van der Waals surface area contributed by atoms with Gasteiger partial charge in [0.05, 0.1) is 6.61 Å². The van der Waals surface area contributed by atoms with Crippen LogP contribution in [0, 0.1) is 13.8 Å². The highest BCUT2D eigenvalue weighted by Gasteiger charge is 2.06. The van der Waals surface area contributed by atoms with E-state index in [1.54, 1.807) is 18.2 Å². The summed E-state index contributed by atoms with van der Waals surface area (Å²) >= 11 is 0. The average molecular weight is 393 g/mol. The Kier molecular flexibility index (Phi) is 6.89. The molecule has 0 atom stereocenters. The number of aryl methyl sites for hydroxylation is 3. The molecule has 1 aromatic carbocycles. The number of aromatic hydroxyl groups is 1. The van der Waals surface area contributed by atoms with Crippen molar-refractivity contribution in [1.29, 1.82) is 0 Å². The van der Waals surface area contributed by atoms with E-state index in [0.717, 1.165) is 47.7 Å². The fourth-order valence-corrected chi connectivity index (χ4v) is 3.23. The molecular formula is C23H27N3O3. The zero-order valence-electron chi connectivity index (χ0n) is 16.9. The molecule has 6 nitrogen and oxygen atoms in total. The number of hydrogen-bond donors (Lipinski definition) is 2. The quantitative estimate of drug-likeness (QED) is 0.555. The molecule has 0 fully saturated rings. The number of nitrogens with zero attached hydrogens (tertiary/aromatic N) is 2. The lowest BCUT2D eigenvalue weighted by Gasteiger charge is -2.10. The van der Waals surface area contributed by atoms with Gasteiger partial charge in [0.15, 0.2) is 0 Å². The summed E-state index contributed by atoms with van der Waals surface area (Å²) in [4.78, 5) is 16.5. The summed E-state index contributed by atoms with van der Waals surface area (Å²) in [5.74, 6) is 1.11. The normalized spacial score (nSPS) is 10.7. The van der Waals surface area contributed by atoms with Crippen LogP contribution in [0.4, 0.5) is 4.79 Å². The summed E-state index contributed by atoms with van der Waals surface area (Å²) < 4.78 is 7.35. The predicted molar refractivity (Wildman–Crippen MR) is 112 cm³/mol. The van der Waals surface area contributed by atoms with E-state index in [1.165, 1.54) is 0 Å². The number of alkyl carbamates (subject to hydrolysis) is 1. The van der Waals surface area contributed by atoms with Crippen molar-refractivity contribution in [2.75, 3.05) is 6.61 Å². The number of aromatic nitrogens is 2. The minimum absolute atomic E-state index is 0.178. The number of amides is 1. The van der Waals surface area contributed by atoms with Gasteiger partial charge in [-0.1, -0.05) is 18.2 Å². The molecule has 2 heterocycles. The summed E-state index contributed by atoms with van der Waals surface area (Å²) in [7, 11) is 0. The maximum absolute atomic E-state index is 11.8. The minimum Gasteiger partial charge on any atom is -0.508 e. The summed E-state index contributed by atoms with van der Waals surface area (Å²) in [5.41, 5.74) is 4.18. The largest absolute Gasteiger partial charge is 0.508 e. The van der Waals surface area contributed by atoms with Crippen LogP contribution >= 0.6 is 0 Å². The Morgan fingerprint density at radius 2 is 1.83 bits per heavy atom. The fraction of sp³-hybridized carbons (Fsp3) is 0.304. The van der Waals surface area contributed by atoms with Gasteiger partial charge in [0, 0.05) is 23.6 Å². The molecule has 6 heteroatoms. The number of phenols is 1. The van der Waals surface area contributed by atoms with Crippen molar-refractivity contribution >= 4 is 6.09 Å². The first-order valence-electron chi connectivity index (χ1n) is 9.83. The predicted octanol–water partition coefficient (Wildman–Crippen LogP) is 4.44. The smallest absolute Gasteiger partial charge is 0.407 e. The Balaban J connectivity index is 1.38. The third kappa shape index (κ3) is 5.85. The Morgan fingerprint density at radius 1 is 1.07 bits per heavy atom. The van der Waals surface area contributed by atoms with Crippen LogP contribution < -0.4 is 5.32 Å². The lowest BCUT2D eigenvalue weighted by atomic mass is 10.2. The van der Waals surface area contributed by atoms with Gasteiger partial charge in [0.25, 0.3) is 0 Å². The lowest BCUT2D eigenvalue weighted by molar-refractivity contribution is 0.143. The molecule has 0 radical (unpaired) electrons. The summed E-state index contributed by atoms with van der Waals surface area (Å²) in [6.45, 7) is 4.83. The summed E-state index contributed by atoms with van der Waals surface area (Å²) in [6, 6.07) is 17.0. The number of benzene rings is 1. The highest BCUT2D eigenvalue weighted by Crippen LogP contribution is 2.15. The van der Waals surface area contributed by atoms with E-state index in [1.807, 2.05) is 24.3 Å². The summed E-state index contributed by atoms with van der Waals surface area (Å²) in [6.07, 6.45) is 2.04. The van der Waals surface area contributed by atoms with Crippen LogP contribution in [0.2, 0.25) is 0 Å². The molecule has 0 unspecified atom stereocenters. The van der Waals surface area contributed by atoms with E-state index >= 15 is 0 Å². The minimum atomic E-state index is -0.452. The van der Waals surface area contributed by atoms with E-state index in [-0.39, 0.29) is 5.75 Å². The molecule has 0 bridgehead atoms. The van der Waals surface area contributed by atoms with Crippen molar-refractivity contribution in [3.8, 4) is 11.6 Å². The standard InChI is InChI=1S/C23H27N3O3/c1-17-12-13-18(2)26(17)22-11-6-9-20(25-22)8-3-4-14-29-23(28)24-16-19-7-5-10-21(27)15-19/h5-7,9-13,15,27H,3-4,8,14,16H2,1-2H3,(H,24,28). The van der Waals surface area contributed by atoms with Crippen molar-refractivity contribution in [3.05, 3.63) is 77.2 Å². The van der Waals surface area contributed by atoms with Crippen LogP contribution in [-0.4, -0.2) is 27.4 Å². The maximum Gasteiger partial charge on any atom is 0.407 e. The van der Waals surface area contributed by atoms with Crippen molar-refractivity contribution in [3.63, 3.8) is 0 Å². The molecule has 29 heavy (non-hydrogen) atoms. The molecule has 152 valence electrons. The van der Waals surface area contributed by atoms with E-state index in [9.17, 15) is 9.90 Å². The molecule has 0 saturated carbocycles. The first kappa shape index (κ1) is 20.5. The zero-order valence-corrected chi connectivity index (χ0v) is 16.9. The van der Waals surface area contributed by atoms with Crippen molar-refractivity contribution in [2.24, 2.45) is 0 Å². The van der Waals surface area contributed by atoms with Gasteiger partial charge in [-0.15, -0.1) is 0 Å². The third-order valence-electron chi connectivity index (χ3n) is 4.70. The van der Waals surface area contributed by atoms with Gasteiger partial charge < -0.3 is 19.7 Å². The van der Waals surface area contributed by atoms with Crippen LogP contribution in [0.1, 0.15) is 35.5 Å². The number of ether oxygens (including phenoxy) is 1. The number of nitrogens with one attached hydrogen (secondary N) is 1. The van der Waals surface area contributed by atoms with Crippen LogP contribution in [0.3, 0.4) is 0 Å². The van der Waals surface area contributed by atoms with E-state index in [0.29, 0.717) is 13.2 Å². The second kappa shape index (κ2) is 9.78. The van der Waals surface area contributed by atoms with E-state index < -0.39 is 6.09 Å². The molecule has 0 aliphatic rings. The molecule has 0 spiro atoms. The van der Waals surface area contributed by atoms with Gasteiger partial charge in [-0.3, -0.25) is 0 Å². The first-order valence-corrected chi connectivity index (χ1v) is 9.83. The van der Waals surface area contributed by atoms with Crippen LogP contribution in [0.25, 0.3) is 5.82 Å². The number of carbonyl (C=O) groups excluding carboxylic acids is 1. The Labute approximate surface area is 171 Å². The second-order valence-electron chi connectivity index (χ2n) is 7.06. The Morgan fingerprint density at radius 3 is 2.59 bits per heavy atom. The highest BCUT2D eigenvalue weighted by molar-refractivity contribution is 5.67. The van der Waals surface area contributed by atoms with Crippen molar-refractivity contribution in [2.45, 2.75) is 39.7 Å². The fourth-order valence-electron chi connectivity index (χ4n) is 3.23. The van der Waals surface area contributed by atoms with Gasteiger partial charge >= 0.3 is 6.09 Å². The van der Waals surface area contributed by atoms with Gasteiger partial charge in [-0.2, -0.15) is 0 Å². The van der Waals surface area contributed by atoms with E-state index in [2.05, 4.69) is 35.9 Å². The average Bonchev–Trinajstić information content (AvgIpc) is 3.04. The highest BCUT2D eigenvalue weighted by atomic mass is 16.5. The number of rotatable bonds is 8. The maximum atomic E-state index is 11.8. The van der Waals surface area contributed by atoms with E-state index in [4.69, 9.17) is 9.72 Å². The summed E-state index contributed by atoms with van der Waals surface area (Å²) in [5, 5.41) is 12.1. The Bertz CT molecular complexity index is 946. The lowest BCUT2D eigenvalue weighted by Crippen LogP contribution is -2.24. The SMILES string of the molecule is Cc1ccc(C)n1-c1cccc(CCCCOC(=O)NCc2cccc(O)c2)n1. The van der Waals surface area contributed by atoms with Crippen molar-refractivity contribution < 1.29 is 14.6 Å². The molecule has 2 N–H and O–H groups in total. The molecule has 0 aliphatic carbocycles. The molecular weight excluding hydrogens is 366 g/mol. The number of carbonyl (C=O) groups is 1. The molecule has 1 amide bonds. The van der Waals surface area contributed by atoms with Crippen LogP contribution in [-0.2, 0) is 17.7 Å². The van der Waals surface area contributed by atoms with Crippen molar-refractivity contribution in [1.82, 2.24) is 14.9 Å². The van der Waals surface area contributed by atoms with Gasteiger partial charge in [-0.05, 0) is 75.1 Å². The van der Waals surface area contributed by atoms with Crippen LogP contribution in [0.15, 0.2) is 54.6 Å². The Hall–Kier alpha value is -3.28. The third-order valence-corrected chi connectivity index (χ3v) is 4.70. The molecule has 0 aliphatic heterocycles. The van der Waals surface area contributed by atoms with Gasteiger partial charge in [-0.25, -0.2) is 9.78 Å². The second-order valence-corrected chi connectivity index (χ2v) is 7.06. The first-order chi connectivity index (χ1) is 14.0. The number of unbranched alkanes of at least 4 members (excludes halogenated alkanes) is 1. The molecule has 2 aromatic heterocycles. The van der Waals surface area contributed by atoms with Gasteiger partial charge in [0.2, 0.25) is 0 Å². The topological polar surface area (TPSA) is 76.4 Å². The van der Waals surface area contributed by atoms with Gasteiger partial charge in [0.1, 0.15) is 11.6 Å².